The van der Waals surface area contributed by atoms with Crippen LogP contribution < -0.4 is 16.0 Å². The lowest BCUT2D eigenvalue weighted by molar-refractivity contribution is -0.130. The Kier molecular flexibility index (Phi) is 8.75. The summed E-state index contributed by atoms with van der Waals surface area (Å²) in [5.41, 5.74) is 0.994. The number of aromatic nitrogens is 1. The van der Waals surface area contributed by atoms with Crippen molar-refractivity contribution in [3.63, 3.8) is 0 Å². The standard InChI is InChI=1S/C23H34N6O/c1-2-24-23(26-14-8-18-29-17-7-3-4-11-22(29)30)27-16-15-25-21-13-12-19-9-5-6-10-20(19)28-21/h5-6,9-10,12-13H,2-4,7-8,11,14-18H2,1H3,(H,25,28)(H2,24,26,27). The number of nitrogens with zero attached hydrogens (tertiary/aromatic N) is 3. The van der Waals surface area contributed by atoms with Crippen molar-refractivity contribution < 1.29 is 4.79 Å². The van der Waals surface area contributed by atoms with Crippen molar-refractivity contribution in [2.75, 3.05) is 44.6 Å². The Labute approximate surface area is 179 Å². The fourth-order valence-corrected chi connectivity index (χ4v) is 3.61. The van der Waals surface area contributed by atoms with E-state index in [1.165, 1.54) is 0 Å². The molecule has 0 unspecified atom stereocenters. The van der Waals surface area contributed by atoms with Crippen LogP contribution in [-0.4, -0.2) is 61.0 Å². The Morgan fingerprint density at radius 1 is 1.10 bits per heavy atom. The lowest BCUT2D eigenvalue weighted by Crippen LogP contribution is -2.39. The fourth-order valence-electron chi connectivity index (χ4n) is 3.61. The fraction of sp³-hybridized carbons (Fsp3) is 0.522. The van der Waals surface area contributed by atoms with Crippen LogP contribution >= 0.6 is 0 Å². The molecule has 0 saturated carbocycles. The van der Waals surface area contributed by atoms with E-state index >= 15 is 0 Å². The van der Waals surface area contributed by atoms with Crippen molar-refractivity contribution in [3.05, 3.63) is 36.4 Å². The Hall–Kier alpha value is -2.83. The van der Waals surface area contributed by atoms with E-state index in [1.54, 1.807) is 0 Å². The molecule has 30 heavy (non-hydrogen) atoms. The lowest BCUT2D eigenvalue weighted by atomic mass is 10.2. The summed E-state index contributed by atoms with van der Waals surface area (Å²) in [6.07, 6.45) is 4.91. The molecule has 1 amide bonds. The molecule has 1 aliphatic rings. The molecule has 3 rings (SSSR count). The molecule has 162 valence electrons. The molecule has 2 aromatic rings. The SMILES string of the molecule is CCNC(=NCCCN1CCCCCC1=O)NCCNc1ccc2ccccc2n1. The number of fused-ring (bicyclic) bond motifs is 1. The number of anilines is 1. The third-order valence-electron chi connectivity index (χ3n) is 5.19. The average Bonchev–Trinajstić information content (AvgIpc) is 2.98. The van der Waals surface area contributed by atoms with Gasteiger partial charge in [0.1, 0.15) is 5.82 Å². The Morgan fingerprint density at radius 2 is 2.00 bits per heavy atom. The average molecular weight is 411 g/mol. The van der Waals surface area contributed by atoms with Gasteiger partial charge in [0.05, 0.1) is 5.52 Å². The summed E-state index contributed by atoms with van der Waals surface area (Å²) < 4.78 is 0. The van der Waals surface area contributed by atoms with Gasteiger partial charge in [0.2, 0.25) is 5.91 Å². The van der Waals surface area contributed by atoms with Crippen molar-refractivity contribution >= 4 is 28.6 Å². The number of aliphatic imine (C=N–C) groups is 1. The van der Waals surface area contributed by atoms with Gasteiger partial charge in [0, 0.05) is 51.1 Å². The number of nitrogens with one attached hydrogen (secondary N) is 3. The number of para-hydroxylation sites is 1. The highest BCUT2D eigenvalue weighted by molar-refractivity contribution is 5.80. The molecule has 0 aliphatic carbocycles. The summed E-state index contributed by atoms with van der Waals surface area (Å²) in [7, 11) is 0. The van der Waals surface area contributed by atoms with Gasteiger partial charge in [0.25, 0.3) is 0 Å². The van der Waals surface area contributed by atoms with E-state index in [0.29, 0.717) is 18.9 Å². The molecule has 0 spiro atoms. The highest BCUT2D eigenvalue weighted by Crippen LogP contribution is 2.14. The Balaban J connectivity index is 1.39. The zero-order valence-corrected chi connectivity index (χ0v) is 18.0. The summed E-state index contributed by atoms with van der Waals surface area (Å²) in [5, 5.41) is 11.1. The van der Waals surface area contributed by atoms with E-state index in [4.69, 9.17) is 0 Å². The number of rotatable bonds is 9. The normalized spacial score (nSPS) is 15.2. The number of carbonyl (C=O) groups is 1. The summed E-state index contributed by atoms with van der Waals surface area (Å²) in [6.45, 7) is 6.77. The Bertz CT molecular complexity index is 837. The maximum atomic E-state index is 12.1. The van der Waals surface area contributed by atoms with Crippen molar-refractivity contribution in [1.29, 1.82) is 0 Å². The topological polar surface area (TPSA) is 81.7 Å². The second-order valence-corrected chi connectivity index (χ2v) is 7.55. The zero-order chi connectivity index (χ0) is 21.0. The van der Waals surface area contributed by atoms with Crippen LogP contribution in [0.2, 0.25) is 0 Å². The van der Waals surface area contributed by atoms with Gasteiger partial charge in [0.15, 0.2) is 5.96 Å². The Morgan fingerprint density at radius 3 is 2.90 bits per heavy atom. The van der Waals surface area contributed by atoms with Crippen LogP contribution in [0.1, 0.15) is 39.0 Å². The number of likely N-dealkylation sites (tertiary alicyclic amines) is 1. The molecule has 2 heterocycles. The van der Waals surface area contributed by atoms with Gasteiger partial charge in [-0.15, -0.1) is 0 Å². The van der Waals surface area contributed by atoms with E-state index in [1.807, 2.05) is 29.2 Å². The number of amides is 1. The molecule has 1 saturated heterocycles. The molecule has 0 atom stereocenters. The number of hydrogen-bond acceptors (Lipinski definition) is 4. The molecule has 7 nitrogen and oxygen atoms in total. The van der Waals surface area contributed by atoms with Gasteiger partial charge in [-0.05, 0) is 44.4 Å². The van der Waals surface area contributed by atoms with E-state index in [0.717, 1.165) is 81.1 Å². The minimum absolute atomic E-state index is 0.301. The van der Waals surface area contributed by atoms with Crippen LogP contribution in [0.25, 0.3) is 10.9 Å². The maximum absolute atomic E-state index is 12.1. The first-order chi connectivity index (χ1) is 14.8. The van der Waals surface area contributed by atoms with E-state index in [2.05, 4.69) is 45.0 Å². The zero-order valence-electron chi connectivity index (χ0n) is 18.0. The first kappa shape index (κ1) is 21.9. The van der Waals surface area contributed by atoms with Crippen LogP contribution in [0, 0.1) is 0 Å². The third kappa shape index (κ3) is 6.90. The molecule has 1 aliphatic heterocycles. The molecule has 0 bridgehead atoms. The number of benzene rings is 1. The first-order valence-corrected chi connectivity index (χ1v) is 11.2. The minimum atomic E-state index is 0.301. The first-order valence-electron chi connectivity index (χ1n) is 11.2. The van der Waals surface area contributed by atoms with Gasteiger partial charge in [-0.25, -0.2) is 4.98 Å². The predicted octanol–water partition coefficient (Wildman–Crippen LogP) is 2.99. The summed E-state index contributed by atoms with van der Waals surface area (Å²) >= 11 is 0. The lowest BCUT2D eigenvalue weighted by Gasteiger charge is -2.20. The minimum Gasteiger partial charge on any atom is -0.368 e. The van der Waals surface area contributed by atoms with Crippen LogP contribution in [-0.2, 0) is 4.79 Å². The van der Waals surface area contributed by atoms with Crippen molar-refractivity contribution in [2.24, 2.45) is 4.99 Å². The number of guanidine groups is 1. The number of hydrogen-bond donors (Lipinski definition) is 3. The highest BCUT2D eigenvalue weighted by Gasteiger charge is 2.15. The molecule has 7 heteroatoms. The van der Waals surface area contributed by atoms with Gasteiger partial charge in [-0.1, -0.05) is 24.6 Å². The molecule has 1 aromatic carbocycles. The largest absolute Gasteiger partial charge is 0.368 e. The molecule has 1 aromatic heterocycles. The van der Waals surface area contributed by atoms with E-state index in [-0.39, 0.29) is 0 Å². The van der Waals surface area contributed by atoms with Gasteiger partial charge in [-0.3, -0.25) is 9.79 Å². The van der Waals surface area contributed by atoms with Crippen LogP contribution in [0.5, 0.6) is 0 Å². The van der Waals surface area contributed by atoms with Crippen LogP contribution in [0.15, 0.2) is 41.4 Å². The summed E-state index contributed by atoms with van der Waals surface area (Å²) in [4.78, 5) is 23.3. The second kappa shape index (κ2) is 12.0. The monoisotopic (exact) mass is 410 g/mol. The molecular formula is C23H34N6O. The van der Waals surface area contributed by atoms with Crippen LogP contribution in [0.3, 0.4) is 0 Å². The number of pyridine rings is 1. The van der Waals surface area contributed by atoms with Crippen molar-refractivity contribution in [2.45, 2.75) is 39.0 Å². The third-order valence-corrected chi connectivity index (χ3v) is 5.19. The summed E-state index contributed by atoms with van der Waals surface area (Å²) in [6, 6.07) is 12.2. The molecule has 0 radical (unpaired) electrons. The molecule has 3 N–H and O–H groups in total. The van der Waals surface area contributed by atoms with Crippen molar-refractivity contribution in [1.82, 2.24) is 20.5 Å². The van der Waals surface area contributed by atoms with E-state index in [9.17, 15) is 4.79 Å². The highest BCUT2D eigenvalue weighted by atomic mass is 16.2. The van der Waals surface area contributed by atoms with Gasteiger partial charge in [-0.2, -0.15) is 0 Å². The quantitative estimate of drug-likeness (QED) is 0.336. The van der Waals surface area contributed by atoms with Gasteiger partial charge < -0.3 is 20.9 Å². The molecule has 1 fully saturated rings. The smallest absolute Gasteiger partial charge is 0.222 e. The van der Waals surface area contributed by atoms with Crippen LogP contribution in [0.4, 0.5) is 5.82 Å². The predicted molar refractivity (Wildman–Crippen MR) is 124 cm³/mol. The van der Waals surface area contributed by atoms with E-state index < -0.39 is 0 Å². The van der Waals surface area contributed by atoms with Crippen molar-refractivity contribution in [3.8, 4) is 0 Å². The second-order valence-electron chi connectivity index (χ2n) is 7.55. The maximum Gasteiger partial charge on any atom is 0.222 e. The van der Waals surface area contributed by atoms with Gasteiger partial charge >= 0.3 is 0 Å². The summed E-state index contributed by atoms with van der Waals surface area (Å²) in [5.74, 6) is 1.99. The molecular weight excluding hydrogens is 376 g/mol. The number of carbonyl (C=O) groups excluding carboxylic acids is 1.